The Morgan fingerprint density at radius 2 is 1.56 bits per heavy atom. The second-order valence-electron chi connectivity index (χ2n) is 8.26. The van der Waals surface area contributed by atoms with Crippen LogP contribution in [-0.4, -0.2) is 70.2 Å². The Hall–Kier alpha value is -3.60. The Kier molecular flexibility index (Phi) is 6.87. The van der Waals surface area contributed by atoms with Gasteiger partial charge in [-0.2, -0.15) is 13.2 Å². The number of likely N-dealkylation sites (N-methyl/N-ethyl adjacent to an activating group) is 1. The molecule has 0 saturated carbocycles. The number of ether oxygens (including phenoxy) is 1. The van der Waals surface area contributed by atoms with Gasteiger partial charge in [0.1, 0.15) is 24.4 Å². The first-order valence-electron chi connectivity index (χ1n) is 10.3. The van der Waals surface area contributed by atoms with E-state index in [9.17, 15) is 32.8 Å². The van der Waals surface area contributed by atoms with Gasteiger partial charge >= 0.3 is 12.2 Å². The molecule has 34 heavy (non-hydrogen) atoms. The van der Waals surface area contributed by atoms with Gasteiger partial charge in [-0.15, -0.1) is 0 Å². The van der Waals surface area contributed by atoms with Gasteiger partial charge in [0, 0.05) is 7.05 Å². The van der Waals surface area contributed by atoms with E-state index in [1.165, 1.54) is 24.1 Å². The molecule has 1 fully saturated rings. The Labute approximate surface area is 194 Å². The van der Waals surface area contributed by atoms with E-state index < -0.39 is 41.7 Å². The summed E-state index contributed by atoms with van der Waals surface area (Å²) in [6, 6.07) is 10.7. The first-order chi connectivity index (χ1) is 15.8. The molecule has 1 N–H and O–H groups in total. The molecule has 2 aromatic rings. The highest BCUT2D eigenvalue weighted by Crippen LogP contribution is 2.31. The van der Waals surface area contributed by atoms with Crippen molar-refractivity contribution in [3.05, 3.63) is 54.1 Å². The molecule has 0 atom stereocenters. The van der Waals surface area contributed by atoms with Crippen LogP contribution >= 0.6 is 0 Å². The second kappa shape index (κ2) is 9.34. The summed E-state index contributed by atoms with van der Waals surface area (Å²) in [6.45, 7) is 2.24. The van der Waals surface area contributed by atoms with Gasteiger partial charge in [-0.25, -0.2) is 9.86 Å². The molecule has 0 unspecified atom stereocenters. The van der Waals surface area contributed by atoms with Crippen LogP contribution in [0.25, 0.3) is 11.1 Å². The maximum atomic E-state index is 12.7. The summed E-state index contributed by atoms with van der Waals surface area (Å²) in [6.07, 6.45) is -4.40. The topological polar surface area (TPSA) is 90.4 Å². The van der Waals surface area contributed by atoms with Gasteiger partial charge in [0.2, 0.25) is 0 Å². The molecule has 1 aliphatic rings. The van der Waals surface area contributed by atoms with E-state index in [2.05, 4.69) is 0 Å². The van der Waals surface area contributed by atoms with Crippen LogP contribution in [-0.2, 0) is 15.8 Å². The molecular weight excluding hydrogens is 455 g/mol. The highest BCUT2D eigenvalue weighted by molar-refractivity contribution is 6.08. The Morgan fingerprint density at radius 1 is 1.03 bits per heavy atom. The molecular formula is C23H24F3N3O5. The van der Waals surface area contributed by atoms with E-state index in [1.54, 1.807) is 38.1 Å². The number of hydrogen-bond donors (Lipinski definition) is 1. The summed E-state index contributed by atoms with van der Waals surface area (Å²) in [7, 11) is 1.46. The van der Waals surface area contributed by atoms with Crippen LogP contribution in [0.1, 0.15) is 19.4 Å². The van der Waals surface area contributed by atoms with Crippen molar-refractivity contribution >= 4 is 17.8 Å². The van der Waals surface area contributed by atoms with Crippen molar-refractivity contribution in [1.29, 1.82) is 0 Å². The maximum absolute atomic E-state index is 12.7. The second-order valence-corrected chi connectivity index (χ2v) is 8.26. The lowest BCUT2D eigenvalue weighted by molar-refractivity contribution is -0.168. The van der Waals surface area contributed by atoms with Crippen molar-refractivity contribution in [2.45, 2.75) is 25.6 Å². The van der Waals surface area contributed by atoms with Gasteiger partial charge in [0.25, 0.3) is 11.8 Å². The average Bonchev–Trinajstić information content (AvgIpc) is 2.93. The highest BCUT2D eigenvalue weighted by atomic mass is 19.4. The largest absolute Gasteiger partial charge is 0.492 e. The van der Waals surface area contributed by atoms with E-state index in [-0.39, 0.29) is 13.2 Å². The lowest BCUT2D eigenvalue weighted by Gasteiger charge is -2.22. The van der Waals surface area contributed by atoms with Gasteiger partial charge in [-0.05, 0) is 49.2 Å². The Balaban J connectivity index is 1.50. The summed E-state index contributed by atoms with van der Waals surface area (Å²) in [5.74, 6) is -0.954. The number of imide groups is 1. The number of hydroxylamine groups is 2. The number of benzene rings is 2. The van der Waals surface area contributed by atoms with E-state index in [0.29, 0.717) is 21.9 Å². The van der Waals surface area contributed by atoms with Gasteiger partial charge in [-0.1, -0.05) is 24.3 Å². The third kappa shape index (κ3) is 5.14. The normalized spacial score (nSPS) is 15.6. The first-order valence-corrected chi connectivity index (χ1v) is 10.3. The number of halogens is 3. The maximum Gasteiger partial charge on any atom is 0.416 e. The molecule has 2 aromatic carbocycles. The average molecular weight is 479 g/mol. The molecule has 0 aromatic heterocycles. The molecule has 1 saturated heterocycles. The van der Waals surface area contributed by atoms with Crippen molar-refractivity contribution in [3.8, 4) is 16.9 Å². The number of alkyl halides is 3. The van der Waals surface area contributed by atoms with Crippen LogP contribution in [0.15, 0.2) is 48.5 Å². The van der Waals surface area contributed by atoms with Gasteiger partial charge in [0.05, 0.1) is 12.1 Å². The van der Waals surface area contributed by atoms with Crippen LogP contribution in [0.5, 0.6) is 5.75 Å². The molecule has 8 nitrogen and oxygen atoms in total. The number of hydrogen-bond acceptors (Lipinski definition) is 5. The summed E-state index contributed by atoms with van der Waals surface area (Å²) in [5, 5.41) is 10.3. The SMILES string of the molecule is CN1C(=O)N(CC(=O)N(O)CCOc2ccc(-c3ccc(C(F)(F)F)cc3)cc2)C(=O)C1(C)C. The predicted molar refractivity (Wildman–Crippen MR) is 115 cm³/mol. The Morgan fingerprint density at radius 3 is 2.03 bits per heavy atom. The van der Waals surface area contributed by atoms with Crippen molar-refractivity contribution in [2.24, 2.45) is 0 Å². The number of amides is 4. The molecule has 0 spiro atoms. The first kappa shape index (κ1) is 25.0. The number of urea groups is 1. The number of carbonyl (C=O) groups excluding carboxylic acids is 3. The predicted octanol–water partition coefficient (Wildman–Crippen LogP) is 3.64. The van der Waals surface area contributed by atoms with Crippen molar-refractivity contribution in [2.75, 3.05) is 26.7 Å². The van der Waals surface area contributed by atoms with Crippen LogP contribution in [0, 0.1) is 0 Å². The van der Waals surface area contributed by atoms with Gasteiger partial charge < -0.3 is 9.64 Å². The molecule has 4 amide bonds. The third-order valence-electron chi connectivity index (χ3n) is 5.68. The summed E-state index contributed by atoms with van der Waals surface area (Å²) in [4.78, 5) is 38.7. The Bertz CT molecular complexity index is 1070. The number of carbonyl (C=O) groups is 3. The smallest absolute Gasteiger partial charge is 0.416 e. The zero-order valence-corrected chi connectivity index (χ0v) is 18.8. The molecule has 1 aliphatic heterocycles. The van der Waals surface area contributed by atoms with E-state index in [4.69, 9.17) is 4.74 Å². The van der Waals surface area contributed by atoms with Crippen LogP contribution < -0.4 is 4.74 Å². The molecule has 1 heterocycles. The quantitative estimate of drug-likeness (QED) is 0.372. The molecule has 0 radical (unpaired) electrons. The van der Waals surface area contributed by atoms with Crippen LogP contribution in [0.3, 0.4) is 0 Å². The molecule has 0 bridgehead atoms. The summed E-state index contributed by atoms with van der Waals surface area (Å²) >= 11 is 0. The number of nitrogens with zero attached hydrogens (tertiary/aromatic N) is 3. The van der Waals surface area contributed by atoms with Crippen molar-refractivity contribution in [3.63, 3.8) is 0 Å². The van der Waals surface area contributed by atoms with E-state index >= 15 is 0 Å². The molecule has 182 valence electrons. The summed E-state index contributed by atoms with van der Waals surface area (Å²) in [5.41, 5.74) is -0.513. The minimum absolute atomic E-state index is 0.0743. The summed E-state index contributed by atoms with van der Waals surface area (Å²) < 4.78 is 43.6. The monoisotopic (exact) mass is 479 g/mol. The highest BCUT2D eigenvalue weighted by Gasteiger charge is 2.49. The lowest BCUT2D eigenvalue weighted by Crippen LogP contribution is -2.44. The minimum Gasteiger partial charge on any atom is -0.492 e. The number of rotatable bonds is 7. The molecule has 3 rings (SSSR count). The van der Waals surface area contributed by atoms with Gasteiger partial charge in [-0.3, -0.25) is 19.7 Å². The zero-order chi connectivity index (χ0) is 25.3. The minimum atomic E-state index is -4.40. The standard InChI is InChI=1S/C23H24F3N3O5/c1-22(2)20(31)28(21(32)27(22)3)14-19(30)29(33)12-13-34-18-10-6-16(7-11-18)15-4-8-17(9-5-15)23(24,25)26/h4-11,33H,12-14H2,1-3H3. The van der Waals surface area contributed by atoms with Crippen LogP contribution in [0.4, 0.5) is 18.0 Å². The lowest BCUT2D eigenvalue weighted by atomic mass is 10.0. The van der Waals surface area contributed by atoms with Crippen molar-refractivity contribution in [1.82, 2.24) is 14.9 Å². The van der Waals surface area contributed by atoms with Crippen LogP contribution in [0.2, 0.25) is 0 Å². The van der Waals surface area contributed by atoms with Gasteiger partial charge in [0.15, 0.2) is 0 Å². The fraction of sp³-hybridized carbons (Fsp3) is 0.348. The fourth-order valence-corrected chi connectivity index (χ4v) is 3.31. The van der Waals surface area contributed by atoms with E-state index in [0.717, 1.165) is 17.0 Å². The third-order valence-corrected chi connectivity index (χ3v) is 5.68. The van der Waals surface area contributed by atoms with E-state index in [1.807, 2.05) is 0 Å². The van der Waals surface area contributed by atoms with Crippen molar-refractivity contribution < 1.29 is 37.5 Å². The molecule has 11 heteroatoms. The fourth-order valence-electron chi connectivity index (χ4n) is 3.31. The molecule has 0 aliphatic carbocycles. The zero-order valence-electron chi connectivity index (χ0n) is 18.8.